The second kappa shape index (κ2) is 6.02. The van der Waals surface area contributed by atoms with Gasteiger partial charge in [-0.25, -0.2) is 0 Å². The maximum atomic E-state index is 11.5. The molecular formula is C11H22N2O. The maximum Gasteiger partial charge on any atom is 0.237 e. The van der Waals surface area contributed by atoms with Crippen LogP contribution in [0.1, 0.15) is 45.4 Å². The van der Waals surface area contributed by atoms with E-state index in [1.807, 2.05) is 6.92 Å². The van der Waals surface area contributed by atoms with Crippen LogP contribution in [0.2, 0.25) is 0 Å². The van der Waals surface area contributed by atoms with E-state index in [0.717, 1.165) is 12.8 Å². The molecule has 0 saturated heterocycles. The van der Waals surface area contributed by atoms with Gasteiger partial charge in [-0.15, -0.1) is 0 Å². The first-order valence-corrected chi connectivity index (χ1v) is 5.79. The molecule has 3 N–H and O–H groups in total. The number of hydrogen-bond donors (Lipinski definition) is 2. The third-order valence-electron chi connectivity index (χ3n) is 3.06. The molecule has 1 unspecified atom stereocenters. The van der Waals surface area contributed by atoms with E-state index >= 15 is 0 Å². The highest BCUT2D eigenvalue weighted by atomic mass is 16.2. The summed E-state index contributed by atoms with van der Waals surface area (Å²) in [5.41, 5.74) is 5.94. The average Bonchev–Trinajstić information content (AvgIpc) is 2.45. The quantitative estimate of drug-likeness (QED) is 0.674. The van der Waals surface area contributed by atoms with Crippen LogP contribution in [0.4, 0.5) is 0 Å². The number of amides is 1. The molecular weight excluding hydrogens is 176 g/mol. The van der Waals surface area contributed by atoms with Crippen molar-refractivity contribution in [3.8, 4) is 0 Å². The minimum atomic E-state index is -0.284. The predicted octanol–water partition coefficient (Wildman–Crippen LogP) is 1.42. The van der Waals surface area contributed by atoms with E-state index in [0.29, 0.717) is 12.5 Å². The van der Waals surface area contributed by atoms with Crippen molar-refractivity contribution in [2.45, 2.75) is 51.5 Å². The number of carbonyl (C=O) groups excluding carboxylic acids is 1. The molecule has 0 bridgehead atoms. The molecule has 3 heteroatoms. The van der Waals surface area contributed by atoms with E-state index in [4.69, 9.17) is 5.73 Å². The summed E-state index contributed by atoms with van der Waals surface area (Å²) in [5.74, 6) is 0.434. The van der Waals surface area contributed by atoms with Gasteiger partial charge in [0.05, 0.1) is 6.04 Å². The van der Waals surface area contributed by atoms with Crippen molar-refractivity contribution in [3.05, 3.63) is 0 Å². The molecule has 0 aromatic carbocycles. The highest BCUT2D eigenvalue weighted by Gasteiger charge is 2.24. The van der Waals surface area contributed by atoms with Crippen molar-refractivity contribution < 1.29 is 4.79 Å². The van der Waals surface area contributed by atoms with Crippen molar-refractivity contribution in [2.24, 2.45) is 11.7 Å². The van der Waals surface area contributed by atoms with Crippen LogP contribution in [0.15, 0.2) is 0 Å². The summed E-state index contributed by atoms with van der Waals surface area (Å²) >= 11 is 0. The van der Waals surface area contributed by atoms with E-state index in [2.05, 4.69) is 5.32 Å². The maximum absolute atomic E-state index is 11.5. The lowest BCUT2D eigenvalue weighted by Crippen LogP contribution is -2.45. The summed E-state index contributed by atoms with van der Waals surface area (Å²) in [7, 11) is 0. The van der Waals surface area contributed by atoms with Crippen LogP contribution < -0.4 is 11.1 Å². The first-order valence-electron chi connectivity index (χ1n) is 5.79. The SMILES string of the molecule is CCNC(=O)C(N)C1CCCCCC1. The van der Waals surface area contributed by atoms with Gasteiger partial charge in [-0.2, -0.15) is 0 Å². The van der Waals surface area contributed by atoms with Crippen LogP contribution in [0, 0.1) is 5.92 Å². The van der Waals surface area contributed by atoms with Gasteiger partial charge in [0.2, 0.25) is 5.91 Å². The summed E-state index contributed by atoms with van der Waals surface area (Å²) in [5, 5.41) is 2.80. The molecule has 1 amide bonds. The smallest absolute Gasteiger partial charge is 0.237 e. The van der Waals surface area contributed by atoms with Gasteiger partial charge in [0.15, 0.2) is 0 Å². The van der Waals surface area contributed by atoms with E-state index in [-0.39, 0.29) is 11.9 Å². The zero-order chi connectivity index (χ0) is 10.4. The number of carbonyl (C=O) groups is 1. The molecule has 1 atom stereocenters. The molecule has 0 aromatic rings. The minimum Gasteiger partial charge on any atom is -0.355 e. The van der Waals surface area contributed by atoms with E-state index in [1.54, 1.807) is 0 Å². The van der Waals surface area contributed by atoms with Crippen LogP contribution in [0.25, 0.3) is 0 Å². The fourth-order valence-corrected chi connectivity index (χ4v) is 2.18. The molecule has 1 rings (SSSR count). The zero-order valence-corrected chi connectivity index (χ0v) is 9.09. The summed E-state index contributed by atoms with van der Waals surface area (Å²) < 4.78 is 0. The van der Waals surface area contributed by atoms with Crippen LogP contribution in [-0.4, -0.2) is 18.5 Å². The van der Waals surface area contributed by atoms with E-state index in [1.165, 1.54) is 25.7 Å². The molecule has 3 nitrogen and oxygen atoms in total. The number of nitrogens with two attached hydrogens (primary N) is 1. The van der Waals surface area contributed by atoms with Crippen molar-refractivity contribution in [1.29, 1.82) is 0 Å². The van der Waals surface area contributed by atoms with Crippen molar-refractivity contribution in [3.63, 3.8) is 0 Å². The number of rotatable bonds is 3. The number of likely N-dealkylation sites (N-methyl/N-ethyl adjacent to an activating group) is 1. The zero-order valence-electron chi connectivity index (χ0n) is 9.09. The molecule has 1 aliphatic rings. The highest BCUT2D eigenvalue weighted by molar-refractivity contribution is 5.81. The third kappa shape index (κ3) is 3.29. The summed E-state index contributed by atoms with van der Waals surface area (Å²) in [6.45, 7) is 2.61. The number of hydrogen-bond acceptors (Lipinski definition) is 2. The Morgan fingerprint density at radius 3 is 2.43 bits per heavy atom. The summed E-state index contributed by atoms with van der Waals surface area (Å²) in [4.78, 5) is 11.5. The third-order valence-corrected chi connectivity index (χ3v) is 3.06. The summed E-state index contributed by atoms with van der Waals surface area (Å²) in [6, 6.07) is -0.284. The number of nitrogens with one attached hydrogen (secondary N) is 1. The van der Waals surface area contributed by atoms with Gasteiger partial charge in [-0.3, -0.25) is 4.79 Å². The Morgan fingerprint density at radius 1 is 1.36 bits per heavy atom. The lowest BCUT2D eigenvalue weighted by atomic mass is 9.92. The fourth-order valence-electron chi connectivity index (χ4n) is 2.18. The highest BCUT2D eigenvalue weighted by Crippen LogP contribution is 2.24. The standard InChI is InChI=1S/C11H22N2O/c1-2-13-11(14)10(12)9-7-5-3-4-6-8-9/h9-10H,2-8,12H2,1H3,(H,13,14). The second-order valence-electron chi connectivity index (χ2n) is 4.17. The largest absolute Gasteiger partial charge is 0.355 e. The van der Waals surface area contributed by atoms with Gasteiger partial charge in [0.25, 0.3) is 0 Å². The van der Waals surface area contributed by atoms with Gasteiger partial charge >= 0.3 is 0 Å². The second-order valence-corrected chi connectivity index (χ2v) is 4.17. The van der Waals surface area contributed by atoms with Crippen molar-refractivity contribution in [2.75, 3.05) is 6.54 Å². The summed E-state index contributed by atoms with van der Waals surface area (Å²) in [6.07, 6.45) is 7.32. The normalized spacial score (nSPS) is 21.3. The molecule has 0 radical (unpaired) electrons. The Labute approximate surface area is 86.4 Å². The van der Waals surface area contributed by atoms with Gasteiger partial charge in [-0.1, -0.05) is 25.7 Å². The van der Waals surface area contributed by atoms with Crippen LogP contribution >= 0.6 is 0 Å². The van der Waals surface area contributed by atoms with Gasteiger partial charge in [-0.05, 0) is 25.7 Å². The average molecular weight is 198 g/mol. The minimum absolute atomic E-state index is 0.0272. The van der Waals surface area contributed by atoms with Crippen molar-refractivity contribution in [1.82, 2.24) is 5.32 Å². The molecule has 0 heterocycles. The van der Waals surface area contributed by atoms with Gasteiger partial charge in [0, 0.05) is 6.54 Å². The molecule has 14 heavy (non-hydrogen) atoms. The topological polar surface area (TPSA) is 55.1 Å². The lowest BCUT2D eigenvalue weighted by Gasteiger charge is -2.21. The molecule has 0 spiro atoms. The van der Waals surface area contributed by atoms with Gasteiger partial charge in [0.1, 0.15) is 0 Å². The van der Waals surface area contributed by atoms with Crippen LogP contribution in [-0.2, 0) is 4.79 Å². The Morgan fingerprint density at radius 2 is 1.93 bits per heavy atom. The first-order chi connectivity index (χ1) is 6.75. The van der Waals surface area contributed by atoms with Crippen molar-refractivity contribution >= 4 is 5.91 Å². The predicted molar refractivity (Wildman–Crippen MR) is 57.9 cm³/mol. The van der Waals surface area contributed by atoms with E-state index in [9.17, 15) is 4.79 Å². The van der Waals surface area contributed by atoms with Gasteiger partial charge < -0.3 is 11.1 Å². The molecule has 1 aliphatic carbocycles. The molecule has 0 aromatic heterocycles. The molecule has 0 aliphatic heterocycles. The molecule has 1 fully saturated rings. The van der Waals surface area contributed by atoms with Crippen LogP contribution in [0.3, 0.4) is 0 Å². The molecule has 82 valence electrons. The fraction of sp³-hybridized carbons (Fsp3) is 0.909. The first kappa shape index (κ1) is 11.5. The Balaban J connectivity index is 2.40. The molecule has 1 saturated carbocycles. The Hall–Kier alpha value is -0.570. The van der Waals surface area contributed by atoms with E-state index < -0.39 is 0 Å². The lowest BCUT2D eigenvalue weighted by molar-refractivity contribution is -0.123. The Bertz CT molecular complexity index is 174. The monoisotopic (exact) mass is 198 g/mol. The Kier molecular flexibility index (Phi) is 4.94. The van der Waals surface area contributed by atoms with Crippen LogP contribution in [0.5, 0.6) is 0 Å².